The first-order chi connectivity index (χ1) is 8.89. The lowest BCUT2D eigenvalue weighted by Crippen LogP contribution is -2.54. The molecule has 0 aromatic carbocycles. The fraction of sp³-hybridized carbons (Fsp3) is 0.538. The van der Waals surface area contributed by atoms with Gasteiger partial charge in [-0.25, -0.2) is 4.98 Å². The molecule has 0 aliphatic rings. The molecule has 0 bridgehead atoms. The SMILES string of the molecule is CCNC(C)(CC(C)Sc1ncccc1Br)C(N)=O. The number of nitrogens with two attached hydrogens (primary N) is 1. The van der Waals surface area contributed by atoms with E-state index in [1.165, 1.54) is 0 Å². The molecular formula is C13H20BrN3OS. The monoisotopic (exact) mass is 345 g/mol. The maximum absolute atomic E-state index is 11.6. The van der Waals surface area contributed by atoms with Crippen molar-refractivity contribution < 1.29 is 4.79 Å². The number of halogens is 1. The molecule has 1 rings (SSSR count). The van der Waals surface area contributed by atoms with Crippen molar-refractivity contribution in [1.82, 2.24) is 10.3 Å². The fourth-order valence-electron chi connectivity index (χ4n) is 1.92. The Morgan fingerprint density at radius 2 is 2.37 bits per heavy atom. The van der Waals surface area contributed by atoms with Gasteiger partial charge in [0.25, 0.3) is 0 Å². The molecule has 2 unspecified atom stereocenters. The van der Waals surface area contributed by atoms with Crippen molar-refractivity contribution in [1.29, 1.82) is 0 Å². The zero-order valence-corrected chi connectivity index (χ0v) is 13.8. The molecule has 6 heteroatoms. The molecule has 1 heterocycles. The number of amides is 1. The second-order valence-corrected chi connectivity index (χ2v) is 6.93. The maximum atomic E-state index is 11.6. The minimum Gasteiger partial charge on any atom is -0.368 e. The average molecular weight is 346 g/mol. The van der Waals surface area contributed by atoms with Gasteiger partial charge in [0, 0.05) is 15.9 Å². The molecule has 0 aliphatic heterocycles. The Balaban J connectivity index is 2.71. The summed E-state index contributed by atoms with van der Waals surface area (Å²) in [6, 6.07) is 3.84. The highest BCUT2D eigenvalue weighted by molar-refractivity contribution is 9.10. The molecule has 2 atom stereocenters. The summed E-state index contributed by atoms with van der Waals surface area (Å²) < 4.78 is 0.969. The van der Waals surface area contributed by atoms with Crippen LogP contribution in [0.25, 0.3) is 0 Å². The summed E-state index contributed by atoms with van der Waals surface area (Å²) in [5, 5.41) is 4.32. The van der Waals surface area contributed by atoms with Crippen molar-refractivity contribution in [2.75, 3.05) is 6.54 Å². The molecule has 4 nitrogen and oxygen atoms in total. The topological polar surface area (TPSA) is 68.0 Å². The number of aromatic nitrogens is 1. The molecule has 0 spiro atoms. The van der Waals surface area contributed by atoms with Crippen LogP contribution in [0, 0.1) is 0 Å². The summed E-state index contributed by atoms with van der Waals surface area (Å²) in [7, 11) is 0. The second-order valence-electron chi connectivity index (χ2n) is 4.65. The van der Waals surface area contributed by atoms with Crippen molar-refractivity contribution in [2.45, 2.75) is 43.0 Å². The summed E-state index contributed by atoms with van der Waals surface area (Å²) in [5.41, 5.74) is 4.81. The maximum Gasteiger partial charge on any atom is 0.237 e. The highest BCUT2D eigenvalue weighted by Crippen LogP contribution is 2.31. The Hall–Kier alpha value is -0.590. The summed E-state index contributed by atoms with van der Waals surface area (Å²) in [5.74, 6) is -0.318. The molecule has 106 valence electrons. The smallest absolute Gasteiger partial charge is 0.237 e. The first-order valence-electron chi connectivity index (χ1n) is 6.21. The molecule has 0 fully saturated rings. The van der Waals surface area contributed by atoms with Gasteiger partial charge in [0.05, 0.1) is 5.54 Å². The molecule has 1 aromatic heterocycles. The minimum atomic E-state index is -0.678. The molecule has 19 heavy (non-hydrogen) atoms. The third kappa shape index (κ3) is 4.78. The molecular weight excluding hydrogens is 326 g/mol. The van der Waals surface area contributed by atoms with E-state index in [9.17, 15) is 4.79 Å². The van der Waals surface area contributed by atoms with Gasteiger partial charge >= 0.3 is 0 Å². The van der Waals surface area contributed by atoms with E-state index in [-0.39, 0.29) is 11.2 Å². The van der Waals surface area contributed by atoms with Gasteiger partial charge in [-0.2, -0.15) is 0 Å². The fourth-order valence-corrected chi connectivity index (χ4v) is 3.55. The van der Waals surface area contributed by atoms with Crippen LogP contribution in [0.15, 0.2) is 27.8 Å². The third-order valence-electron chi connectivity index (χ3n) is 2.84. The number of nitrogens with one attached hydrogen (secondary N) is 1. The van der Waals surface area contributed by atoms with Gasteiger partial charge in [0.2, 0.25) is 5.91 Å². The molecule has 0 radical (unpaired) electrons. The van der Waals surface area contributed by atoms with Crippen molar-refractivity contribution in [3.63, 3.8) is 0 Å². The summed E-state index contributed by atoms with van der Waals surface area (Å²) in [4.78, 5) is 15.9. The number of hydrogen-bond donors (Lipinski definition) is 2. The van der Waals surface area contributed by atoms with E-state index >= 15 is 0 Å². The van der Waals surface area contributed by atoms with Crippen LogP contribution in [-0.4, -0.2) is 28.2 Å². The number of hydrogen-bond acceptors (Lipinski definition) is 4. The van der Waals surface area contributed by atoms with E-state index in [0.717, 1.165) is 9.50 Å². The molecule has 1 aromatic rings. The number of nitrogens with zero attached hydrogens (tertiary/aromatic N) is 1. The zero-order valence-electron chi connectivity index (χ0n) is 11.4. The van der Waals surface area contributed by atoms with E-state index in [1.807, 2.05) is 26.0 Å². The number of carbonyl (C=O) groups is 1. The van der Waals surface area contributed by atoms with Gasteiger partial charge in [0.15, 0.2) is 0 Å². The lowest BCUT2D eigenvalue weighted by molar-refractivity contribution is -0.124. The quantitative estimate of drug-likeness (QED) is 0.745. The van der Waals surface area contributed by atoms with Crippen LogP contribution in [-0.2, 0) is 4.79 Å². The third-order valence-corrected chi connectivity index (χ3v) is 4.86. The summed E-state index contributed by atoms with van der Waals surface area (Å²) in [6.45, 7) is 6.60. The molecule has 0 saturated carbocycles. The normalized spacial score (nSPS) is 15.8. The highest BCUT2D eigenvalue weighted by atomic mass is 79.9. The van der Waals surface area contributed by atoms with Gasteiger partial charge in [-0.05, 0) is 48.0 Å². The van der Waals surface area contributed by atoms with Crippen LogP contribution in [0.5, 0.6) is 0 Å². The van der Waals surface area contributed by atoms with Crippen molar-refractivity contribution in [2.24, 2.45) is 5.73 Å². The average Bonchev–Trinajstić information content (AvgIpc) is 2.32. The molecule has 1 amide bonds. The van der Waals surface area contributed by atoms with Crippen molar-refractivity contribution >= 4 is 33.6 Å². The van der Waals surface area contributed by atoms with E-state index in [4.69, 9.17) is 5.73 Å². The van der Waals surface area contributed by atoms with Crippen LogP contribution in [0.3, 0.4) is 0 Å². The molecule has 0 aliphatic carbocycles. The van der Waals surface area contributed by atoms with Crippen LogP contribution >= 0.6 is 27.7 Å². The lowest BCUT2D eigenvalue weighted by Gasteiger charge is -2.29. The van der Waals surface area contributed by atoms with Crippen LogP contribution in [0.2, 0.25) is 0 Å². The predicted molar refractivity (Wildman–Crippen MR) is 83.1 cm³/mol. The first kappa shape index (κ1) is 16.5. The first-order valence-corrected chi connectivity index (χ1v) is 7.88. The minimum absolute atomic E-state index is 0.225. The second kappa shape index (κ2) is 7.26. The number of rotatable bonds is 7. The Morgan fingerprint density at radius 3 is 2.89 bits per heavy atom. The summed E-state index contributed by atoms with van der Waals surface area (Å²) >= 11 is 5.11. The van der Waals surface area contributed by atoms with Gasteiger partial charge in [-0.1, -0.05) is 13.8 Å². The van der Waals surface area contributed by atoms with Gasteiger partial charge in [-0.15, -0.1) is 11.8 Å². The van der Waals surface area contributed by atoms with Gasteiger partial charge in [0.1, 0.15) is 5.03 Å². The number of pyridine rings is 1. The van der Waals surface area contributed by atoms with Gasteiger partial charge < -0.3 is 11.1 Å². The lowest BCUT2D eigenvalue weighted by atomic mass is 9.95. The molecule has 0 saturated heterocycles. The largest absolute Gasteiger partial charge is 0.368 e. The Bertz CT molecular complexity index is 444. The van der Waals surface area contributed by atoms with E-state index < -0.39 is 5.54 Å². The van der Waals surface area contributed by atoms with E-state index in [0.29, 0.717) is 13.0 Å². The zero-order chi connectivity index (χ0) is 14.5. The predicted octanol–water partition coefficient (Wildman–Crippen LogP) is 2.57. The number of likely N-dealkylation sites (N-methyl/N-ethyl adjacent to an activating group) is 1. The Kier molecular flexibility index (Phi) is 6.29. The number of primary amides is 1. The van der Waals surface area contributed by atoms with Crippen molar-refractivity contribution in [3.05, 3.63) is 22.8 Å². The van der Waals surface area contributed by atoms with Crippen LogP contribution in [0.4, 0.5) is 0 Å². The van der Waals surface area contributed by atoms with Crippen molar-refractivity contribution in [3.8, 4) is 0 Å². The standard InChI is InChI=1S/C13H20BrN3OS/c1-4-17-13(3,12(15)18)8-9(2)19-11-10(14)6-5-7-16-11/h5-7,9,17H,4,8H2,1-3H3,(H2,15,18). The van der Waals surface area contributed by atoms with E-state index in [1.54, 1.807) is 18.0 Å². The highest BCUT2D eigenvalue weighted by Gasteiger charge is 2.32. The Labute approximate surface area is 127 Å². The van der Waals surface area contributed by atoms with Crippen LogP contribution in [0.1, 0.15) is 27.2 Å². The number of carbonyl (C=O) groups excluding carboxylic acids is 1. The van der Waals surface area contributed by atoms with Gasteiger partial charge in [-0.3, -0.25) is 4.79 Å². The summed E-state index contributed by atoms with van der Waals surface area (Å²) in [6.07, 6.45) is 2.42. The molecule has 3 N–H and O–H groups in total. The Morgan fingerprint density at radius 1 is 1.68 bits per heavy atom. The number of thioether (sulfide) groups is 1. The van der Waals surface area contributed by atoms with Crippen LogP contribution < -0.4 is 11.1 Å². The van der Waals surface area contributed by atoms with E-state index in [2.05, 4.69) is 33.2 Å².